The highest BCUT2D eigenvalue weighted by atomic mass is 16.5. The number of fused-ring (bicyclic) bond motifs is 2. The lowest BCUT2D eigenvalue weighted by molar-refractivity contribution is 0.0576. The minimum Gasteiger partial charge on any atom is -0.455 e. The van der Waals surface area contributed by atoms with Gasteiger partial charge < -0.3 is 9.64 Å². The van der Waals surface area contributed by atoms with Gasteiger partial charge in [-0.15, -0.1) is 0 Å². The highest BCUT2D eigenvalue weighted by Crippen LogP contribution is 2.33. The number of nitriles is 2. The zero-order chi connectivity index (χ0) is 21.5. The van der Waals surface area contributed by atoms with Crippen LogP contribution in [0.4, 0.5) is 0 Å². The minimum atomic E-state index is -0.102. The molecule has 0 atom stereocenters. The maximum atomic E-state index is 12.9. The maximum Gasteiger partial charge on any atom is 0.255 e. The summed E-state index contributed by atoms with van der Waals surface area (Å²) in [6.07, 6.45) is 3.33. The molecule has 2 aromatic carbocycles. The normalized spacial score (nSPS) is 13.6. The number of nitrogens with zero attached hydrogens (tertiary/aromatic N) is 5. The Bertz CT molecular complexity index is 1430. The van der Waals surface area contributed by atoms with Crippen molar-refractivity contribution in [1.29, 1.82) is 10.5 Å². The Labute approximate surface area is 178 Å². The summed E-state index contributed by atoms with van der Waals surface area (Å²) in [5.74, 6) is 1.02. The van der Waals surface area contributed by atoms with Crippen LogP contribution in [0.15, 0.2) is 54.9 Å². The molecule has 1 amide bonds. The minimum absolute atomic E-state index is 0.0900. The lowest BCUT2D eigenvalue weighted by Gasteiger charge is -2.35. The van der Waals surface area contributed by atoms with E-state index < -0.39 is 0 Å². The van der Waals surface area contributed by atoms with Crippen molar-refractivity contribution in [3.63, 3.8) is 0 Å². The van der Waals surface area contributed by atoms with Crippen molar-refractivity contribution in [3.8, 4) is 23.6 Å². The van der Waals surface area contributed by atoms with Gasteiger partial charge in [-0.05, 0) is 47.5 Å². The van der Waals surface area contributed by atoms with Gasteiger partial charge in [0, 0.05) is 25.4 Å². The molecule has 1 aliphatic rings. The monoisotopic (exact) mass is 407 g/mol. The molecule has 0 spiro atoms. The van der Waals surface area contributed by atoms with Gasteiger partial charge in [0.1, 0.15) is 11.3 Å². The van der Waals surface area contributed by atoms with Crippen molar-refractivity contribution in [1.82, 2.24) is 14.5 Å². The second-order valence-corrected chi connectivity index (χ2v) is 7.59. The summed E-state index contributed by atoms with van der Waals surface area (Å²) in [5, 5.41) is 24.4. The van der Waals surface area contributed by atoms with Gasteiger partial charge in [0.25, 0.3) is 5.91 Å². The average Bonchev–Trinajstić information content (AvgIpc) is 3.10. The number of aromatic nitrogens is 2. The van der Waals surface area contributed by atoms with Crippen LogP contribution in [0.5, 0.6) is 11.5 Å². The van der Waals surface area contributed by atoms with Crippen LogP contribution >= 0.6 is 0 Å². The maximum absolute atomic E-state index is 12.9. The third-order valence-corrected chi connectivity index (χ3v) is 5.67. The number of rotatable bonds is 3. The molecule has 0 radical (unpaired) electrons. The van der Waals surface area contributed by atoms with Crippen molar-refractivity contribution >= 4 is 22.2 Å². The molecular weight excluding hydrogens is 390 g/mol. The first-order valence-electron chi connectivity index (χ1n) is 9.85. The Morgan fingerprint density at radius 1 is 1.19 bits per heavy atom. The molecule has 150 valence electrons. The Hall–Kier alpha value is -4.36. The number of likely N-dealkylation sites (tertiary alicyclic amines) is 1. The molecule has 5 rings (SSSR count). The molecule has 7 heteroatoms. The van der Waals surface area contributed by atoms with Crippen molar-refractivity contribution in [2.75, 3.05) is 13.1 Å². The molecule has 1 aliphatic heterocycles. The standard InChI is InChI=1S/C24H17N5O2/c1-15-21(24(30)28-12-16(10-25)13-28)14-29-23(15)22(7-8-27-29)31-19-5-6-20-17(9-19)3-2-4-18(20)11-26/h2-9,14,16H,12-13H2,1H3. The summed E-state index contributed by atoms with van der Waals surface area (Å²) in [7, 11) is 0. The summed E-state index contributed by atoms with van der Waals surface area (Å²) in [6.45, 7) is 2.79. The Kier molecular flexibility index (Phi) is 4.31. The SMILES string of the molecule is Cc1c(C(=O)N2CC(C#N)C2)cn2nccc(Oc3ccc4c(C#N)cccc4c3)c12. The van der Waals surface area contributed by atoms with E-state index in [9.17, 15) is 10.1 Å². The first-order chi connectivity index (χ1) is 15.1. The van der Waals surface area contributed by atoms with E-state index in [1.54, 1.807) is 33.9 Å². The van der Waals surface area contributed by atoms with Gasteiger partial charge in [-0.3, -0.25) is 4.79 Å². The fourth-order valence-corrected chi connectivity index (χ4v) is 3.97. The molecule has 31 heavy (non-hydrogen) atoms. The van der Waals surface area contributed by atoms with Gasteiger partial charge in [-0.25, -0.2) is 4.52 Å². The van der Waals surface area contributed by atoms with Crippen molar-refractivity contribution in [2.24, 2.45) is 5.92 Å². The van der Waals surface area contributed by atoms with Gasteiger partial charge in [-0.2, -0.15) is 15.6 Å². The third-order valence-electron chi connectivity index (χ3n) is 5.67. The first-order valence-corrected chi connectivity index (χ1v) is 9.85. The van der Waals surface area contributed by atoms with Crippen LogP contribution in [-0.4, -0.2) is 33.5 Å². The molecule has 0 aliphatic carbocycles. The number of aryl methyl sites for hydroxylation is 1. The highest BCUT2D eigenvalue weighted by Gasteiger charge is 2.32. The lowest BCUT2D eigenvalue weighted by atomic mass is 10.0. The molecular formula is C24H17N5O2. The third kappa shape index (κ3) is 3.04. The van der Waals surface area contributed by atoms with Gasteiger partial charge >= 0.3 is 0 Å². The van der Waals surface area contributed by atoms with Crippen molar-refractivity contribution < 1.29 is 9.53 Å². The van der Waals surface area contributed by atoms with E-state index in [-0.39, 0.29) is 11.8 Å². The zero-order valence-electron chi connectivity index (χ0n) is 16.7. The van der Waals surface area contributed by atoms with Crippen LogP contribution in [0.3, 0.4) is 0 Å². The number of carbonyl (C=O) groups excluding carboxylic acids is 1. The molecule has 7 nitrogen and oxygen atoms in total. The summed E-state index contributed by atoms with van der Waals surface area (Å²) in [5.41, 5.74) is 2.66. The number of hydrogen-bond donors (Lipinski definition) is 0. The molecule has 3 heterocycles. The molecule has 0 N–H and O–H groups in total. The topological polar surface area (TPSA) is 94.4 Å². The summed E-state index contributed by atoms with van der Waals surface area (Å²) >= 11 is 0. The Morgan fingerprint density at radius 3 is 2.81 bits per heavy atom. The fourth-order valence-electron chi connectivity index (χ4n) is 3.97. The van der Waals surface area contributed by atoms with E-state index in [4.69, 9.17) is 10.00 Å². The summed E-state index contributed by atoms with van der Waals surface area (Å²) < 4.78 is 7.82. The predicted molar refractivity (Wildman–Crippen MR) is 114 cm³/mol. The molecule has 0 unspecified atom stereocenters. The van der Waals surface area contributed by atoms with E-state index in [1.807, 2.05) is 37.3 Å². The highest BCUT2D eigenvalue weighted by molar-refractivity contribution is 5.99. The van der Waals surface area contributed by atoms with E-state index in [0.29, 0.717) is 41.2 Å². The molecule has 2 aromatic heterocycles. The molecule has 1 fully saturated rings. The average molecular weight is 407 g/mol. The number of benzene rings is 2. The van der Waals surface area contributed by atoms with Gasteiger partial charge in [0.2, 0.25) is 0 Å². The van der Waals surface area contributed by atoms with Crippen LogP contribution < -0.4 is 4.74 Å². The van der Waals surface area contributed by atoms with E-state index in [0.717, 1.165) is 16.3 Å². The van der Waals surface area contributed by atoms with Crippen molar-refractivity contribution in [2.45, 2.75) is 6.92 Å². The zero-order valence-corrected chi connectivity index (χ0v) is 16.7. The number of hydrogen-bond acceptors (Lipinski definition) is 5. The van der Waals surface area contributed by atoms with Crippen LogP contribution in [0, 0.1) is 35.5 Å². The number of amides is 1. The molecule has 4 aromatic rings. The van der Waals surface area contributed by atoms with Crippen LogP contribution in [0.2, 0.25) is 0 Å². The number of ether oxygens (including phenoxy) is 1. The molecule has 0 bridgehead atoms. The van der Waals surface area contributed by atoms with Crippen molar-refractivity contribution in [3.05, 3.63) is 71.5 Å². The first kappa shape index (κ1) is 18.7. The van der Waals surface area contributed by atoms with Crippen LogP contribution in [0.1, 0.15) is 21.5 Å². The molecule has 1 saturated heterocycles. The van der Waals surface area contributed by atoms with E-state index in [1.165, 1.54) is 0 Å². The predicted octanol–water partition coefficient (Wildman–Crippen LogP) is 4.06. The van der Waals surface area contributed by atoms with Gasteiger partial charge in [0.15, 0.2) is 5.75 Å². The Morgan fingerprint density at radius 2 is 2.03 bits per heavy atom. The quantitative estimate of drug-likeness (QED) is 0.510. The second kappa shape index (κ2) is 7.16. The Balaban J connectivity index is 1.50. The fraction of sp³-hybridized carbons (Fsp3) is 0.167. The van der Waals surface area contributed by atoms with Crippen LogP contribution in [-0.2, 0) is 0 Å². The van der Waals surface area contributed by atoms with E-state index in [2.05, 4.69) is 17.2 Å². The van der Waals surface area contributed by atoms with Gasteiger partial charge in [0.05, 0.1) is 35.4 Å². The largest absolute Gasteiger partial charge is 0.455 e. The van der Waals surface area contributed by atoms with Gasteiger partial charge in [-0.1, -0.05) is 12.1 Å². The summed E-state index contributed by atoms with van der Waals surface area (Å²) in [6, 6.07) is 17.3. The van der Waals surface area contributed by atoms with Crippen LogP contribution in [0.25, 0.3) is 16.3 Å². The lowest BCUT2D eigenvalue weighted by Crippen LogP contribution is -2.49. The molecule has 0 saturated carbocycles. The smallest absolute Gasteiger partial charge is 0.255 e. The number of carbonyl (C=O) groups is 1. The second-order valence-electron chi connectivity index (χ2n) is 7.59. The van der Waals surface area contributed by atoms with E-state index >= 15 is 0 Å². The summed E-state index contributed by atoms with van der Waals surface area (Å²) in [4.78, 5) is 14.5.